The Bertz CT molecular complexity index is 1150. The van der Waals surface area contributed by atoms with E-state index in [9.17, 15) is 22.8 Å². The van der Waals surface area contributed by atoms with E-state index in [0.717, 1.165) is 0 Å². The van der Waals surface area contributed by atoms with Gasteiger partial charge in [-0.25, -0.2) is 12.7 Å². The Morgan fingerprint density at radius 1 is 1.12 bits per heavy atom. The van der Waals surface area contributed by atoms with Gasteiger partial charge in [-0.2, -0.15) is 0 Å². The van der Waals surface area contributed by atoms with Crippen LogP contribution in [0.1, 0.15) is 36.2 Å². The predicted octanol–water partition coefficient (Wildman–Crippen LogP) is 2.43. The molecule has 0 unspecified atom stereocenters. The van der Waals surface area contributed by atoms with E-state index in [1.54, 1.807) is 44.2 Å². The Morgan fingerprint density at radius 2 is 1.78 bits per heavy atom. The number of hydrogen-bond acceptors (Lipinski definition) is 5. The number of fused-ring (bicyclic) bond motifs is 1. The molecule has 0 saturated heterocycles. The second kappa shape index (κ2) is 9.70. The van der Waals surface area contributed by atoms with Gasteiger partial charge in [0.15, 0.2) is 0 Å². The largest absolute Gasteiger partial charge is 0.355 e. The molecule has 0 spiro atoms. The number of amides is 3. The maximum atomic E-state index is 13.1. The van der Waals surface area contributed by atoms with Crippen molar-refractivity contribution in [2.24, 2.45) is 0 Å². The second-order valence-electron chi connectivity index (χ2n) is 7.31. The molecule has 32 heavy (non-hydrogen) atoms. The van der Waals surface area contributed by atoms with E-state index in [4.69, 9.17) is 11.6 Å². The molecule has 2 aromatic rings. The van der Waals surface area contributed by atoms with Crippen molar-refractivity contribution in [2.45, 2.75) is 37.8 Å². The molecule has 1 aliphatic rings. The molecule has 0 saturated carbocycles. The molecule has 0 bridgehead atoms. The summed E-state index contributed by atoms with van der Waals surface area (Å²) in [6, 6.07) is 12.1. The van der Waals surface area contributed by atoms with Crippen LogP contribution in [0.25, 0.3) is 0 Å². The first-order valence-electron chi connectivity index (χ1n) is 10.1. The minimum Gasteiger partial charge on any atom is -0.355 e. The van der Waals surface area contributed by atoms with Crippen LogP contribution >= 0.6 is 11.6 Å². The van der Waals surface area contributed by atoms with Gasteiger partial charge >= 0.3 is 0 Å². The Morgan fingerprint density at radius 3 is 2.44 bits per heavy atom. The van der Waals surface area contributed by atoms with E-state index < -0.39 is 27.9 Å². The molecular weight excluding hydrogens is 454 g/mol. The van der Waals surface area contributed by atoms with Crippen molar-refractivity contribution >= 4 is 39.3 Å². The standard InChI is InChI=1S/C22H24ClN3O5S/c1-3-24-21(28)15(2)25(14-16-8-4-6-10-18(16)23)20(27)12-13-26-22(29)17-9-5-7-11-19(17)32(26,30)31/h4-11,15H,3,12-14H2,1-2H3,(H,24,28)/t15-/m1/s1. The average Bonchev–Trinajstić information content (AvgIpc) is 2.96. The number of carbonyl (C=O) groups excluding carboxylic acids is 3. The number of halogens is 1. The predicted molar refractivity (Wildman–Crippen MR) is 119 cm³/mol. The molecule has 1 atom stereocenters. The zero-order chi connectivity index (χ0) is 23.5. The van der Waals surface area contributed by atoms with Gasteiger partial charge in [0, 0.05) is 31.1 Å². The maximum absolute atomic E-state index is 13.1. The first-order chi connectivity index (χ1) is 15.2. The van der Waals surface area contributed by atoms with Gasteiger partial charge in [0.05, 0.1) is 5.56 Å². The van der Waals surface area contributed by atoms with Crippen LogP contribution in [-0.2, 0) is 26.2 Å². The zero-order valence-electron chi connectivity index (χ0n) is 17.7. The van der Waals surface area contributed by atoms with Gasteiger partial charge in [0.2, 0.25) is 11.8 Å². The van der Waals surface area contributed by atoms with Gasteiger partial charge in [-0.05, 0) is 37.6 Å². The number of nitrogens with zero attached hydrogens (tertiary/aromatic N) is 2. The summed E-state index contributed by atoms with van der Waals surface area (Å²) >= 11 is 6.24. The van der Waals surface area contributed by atoms with Crippen molar-refractivity contribution in [1.29, 1.82) is 0 Å². The van der Waals surface area contributed by atoms with Gasteiger partial charge in [0.25, 0.3) is 15.9 Å². The van der Waals surface area contributed by atoms with Crippen molar-refractivity contribution in [1.82, 2.24) is 14.5 Å². The van der Waals surface area contributed by atoms with Crippen molar-refractivity contribution in [2.75, 3.05) is 13.1 Å². The van der Waals surface area contributed by atoms with Gasteiger partial charge in [-0.1, -0.05) is 41.9 Å². The Balaban J connectivity index is 1.80. The van der Waals surface area contributed by atoms with Crippen LogP contribution in [0.3, 0.4) is 0 Å². The van der Waals surface area contributed by atoms with Crippen molar-refractivity contribution in [3.8, 4) is 0 Å². The smallest absolute Gasteiger partial charge is 0.269 e. The summed E-state index contributed by atoms with van der Waals surface area (Å²) in [5.74, 6) is -1.48. The van der Waals surface area contributed by atoms with Gasteiger partial charge < -0.3 is 10.2 Å². The quantitative estimate of drug-likeness (QED) is 0.628. The molecule has 0 aromatic heterocycles. The highest BCUT2D eigenvalue weighted by atomic mass is 35.5. The molecule has 170 valence electrons. The Kier molecular flexibility index (Phi) is 7.20. The number of hydrogen-bond donors (Lipinski definition) is 1. The van der Waals surface area contributed by atoms with E-state index in [2.05, 4.69) is 5.32 Å². The fourth-order valence-electron chi connectivity index (χ4n) is 3.51. The number of benzene rings is 2. The van der Waals surface area contributed by atoms with Crippen molar-refractivity contribution < 1.29 is 22.8 Å². The highest BCUT2D eigenvalue weighted by molar-refractivity contribution is 7.90. The van der Waals surface area contributed by atoms with Gasteiger partial charge in [-0.15, -0.1) is 0 Å². The van der Waals surface area contributed by atoms with Crippen LogP contribution in [0.15, 0.2) is 53.4 Å². The summed E-state index contributed by atoms with van der Waals surface area (Å²) in [5, 5.41) is 3.13. The molecule has 2 aromatic carbocycles. The fourth-order valence-corrected chi connectivity index (χ4v) is 5.27. The topological polar surface area (TPSA) is 104 Å². The lowest BCUT2D eigenvalue weighted by molar-refractivity contribution is -0.140. The lowest BCUT2D eigenvalue weighted by Gasteiger charge is -2.29. The highest BCUT2D eigenvalue weighted by Gasteiger charge is 2.41. The highest BCUT2D eigenvalue weighted by Crippen LogP contribution is 2.30. The van der Waals surface area contributed by atoms with Crippen molar-refractivity contribution in [3.05, 3.63) is 64.7 Å². The molecule has 8 nitrogen and oxygen atoms in total. The molecule has 3 amide bonds. The van der Waals surface area contributed by atoms with Crippen molar-refractivity contribution in [3.63, 3.8) is 0 Å². The number of nitrogens with one attached hydrogen (secondary N) is 1. The molecule has 1 aliphatic heterocycles. The van der Waals surface area contributed by atoms with Crippen LogP contribution in [0, 0.1) is 0 Å². The normalized spacial score (nSPS) is 15.2. The lowest BCUT2D eigenvalue weighted by atomic mass is 10.1. The lowest BCUT2D eigenvalue weighted by Crippen LogP contribution is -2.48. The third-order valence-electron chi connectivity index (χ3n) is 5.26. The number of sulfonamides is 1. The van der Waals surface area contributed by atoms with Gasteiger partial charge in [0.1, 0.15) is 10.9 Å². The van der Waals surface area contributed by atoms with Crippen LogP contribution in [-0.4, -0.2) is 54.5 Å². The number of carbonyl (C=O) groups is 3. The molecule has 0 aliphatic carbocycles. The first-order valence-corrected chi connectivity index (χ1v) is 12.0. The summed E-state index contributed by atoms with van der Waals surface area (Å²) in [6.07, 6.45) is -0.271. The van der Waals surface area contributed by atoms with Gasteiger partial charge in [-0.3, -0.25) is 14.4 Å². The summed E-state index contributed by atoms with van der Waals surface area (Å²) in [6.45, 7) is 3.50. The average molecular weight is 478 g/mol. The monoisotopic (exact) mass is 477 g/mol. The summed E-state index contributed by atoms with van der Waals surface area (Å²) in [5.41, 5.74) is 0.736. The second-order valence-corrected chi connectivity index (χ2v) is 9.55. The molecule has 3 rings (SSSR count). The van der Waals surface area contributed by atoms with Crippen LogP contribution in [0.2, 0.25) is 5.02 Å². The summed E-state index contributed by atoms with van der Waals surface area (Å²) < 4.78 is 26.2. The molecule has 0 fully saturated rings. The molecule has 0 radical (unpaired) electrons. The summed E-state index contributed by atoms with van der Waals surface area (Å²) in [4.78, 5) is 39.4. The molecule has 10 heteroatoms. The number of rotatable bonds is 8. The van der Waals surface area contributed by atoms with Crippen LogP contribution in [0.4, 0.5) is 0 Å². The number of likely N-dealkylation sites (N-methyl/N-ethyl adjacent to an activating group) is 1. The van der Waals surface area contributed by atoms with Crippen LogP contribution < -0.4 is 5.32 Å². The third kappa shape index (κ3) is 4.63. The van der Waals surface area contributed by atoms with E-state index in [1.165, 1.54) is 23.1 Å². The molecule has 1 N–H and O–H groups in total. The minimum atomic E-state index is -4.02. The fraction of sp³-hybridized carbons (Fsp3) is 0.318. The SMILES string of the molecule is CCNC(=O)[C@@H](C)N(Cc1ccccc1Cl)C(=O)CCN1C(=O)c2ccccc2S1(=O)=O. The summed E-state index contributed by atoms with van der Waals surface area (Å²) in [7, 11) is -4.02. The third-order valence-corrected chi connectivity index (χ3v) is 7.47. The maximum Gasteiger partial charge on any atom is 0.269 e. The minimum absolute atomic E-state index is 0.0672. The molecule has 1 heterocycles. The van der Waals surface area contributed by atoms with E-state index in [0.29, 0.717) is 21.4 Å². The Hall–Kier alpha value is -2.91. The first kappa shape index (κ1) is 23.7. The molecular formula is C22H24ClN3O5S. The van der Waals surface area contributed by atoms with E-state index in [-0.39, 0.29) is 35.9 Å². The van der Waals surface area contributed by atoms with Crippen LogP contribution in [0.5, 0.6) is 0 Å². The van der Waals surface area contributed by atoms with E-state index >= 15 is 0 Å². The van der Waals surface area contributed by atoms with E-state index in [1.807, 2.05) is 0 Å². The zero-order valence-corrected chi connectivity index (χ0v) is 19.3. The Labute approximate surface area is 192 Å².